The minimum atomic E-state index is 0.327. The van der Waals surface area contributed by atoms with E-state index in [-0.39, 0.29) is 0 Å². The van der Waals surface area contributed by atoms with Crippen molar-refractivity contribution in [2.45, 2.75) is 18.9 Å². The third-order valence-electron chi connectivity index (χ3n) is 3.21. The first-order chi connectivity index (χ1) is 9.19. The summed E-state index contributed by atoms with van der Waals surface area (Å²) in [4.78, 5) is 4.13. The molecule has 0 aliphatic rings. The molecule has 1 heterocycles. The van der Waals surface area contributed by atoms with Gasteiger partial charge in [0.25, 0.3) is 0 Å². The lowest BCUT2D eigenvalue weighted by molar-refractivity contribution is 0.556. The summed E-state index contributed by atoms with van der Waals surface area (Å²) in [5.41, 5.74) is 9.08. The first kappa shape index (κ1) is 13.8. The number of likely N-dealkylation sites (N-methyl/N-ethyl adjacent to an activating group) is 1. The van der Waals surface area contributed by atoms with Gasteiger partial charge in [0.1, 0.15) is 0 Å². The van der Waals surface area contributed by atoms with Crippen molar-refractivity contribution in [3.8, 4) is 0 Å². The van der Waals surface area contributed by atoms with Crippen LogP contribution in [0.15, 0.2) is 42.7 Å². The normalized spacial score (nSPS) is 12.3. The SMILES string of the molecule is CNC(Cc1ccc(Cl)cc1)Cc1cnccc1N. The zero-order valence-corrected chi connectivity index (χ0v) is 11.7. The quantitative estimate of drug-likeness (QED) is 0.882. The Hall–Kier alpha value is -1.58. The average Bonchev–Trinajstić information content (AvgIpc) is 2.43. The minimum Gasteiger partial charge on any atom is -0.398 e. The maximum Gasteiger partial charge on any atom is 0.0406 e. The van der Waals surface area contributed by atoms with Gasteiger partial charge < -0.3 is 11.1 Å². The molecule has 100 valence electrons. The molecule has 1 unspecified atom stereocenters. The molecule has 0 bridgehead atoms. The van der Waals surface area contributed by atoms with Crippen molar-refractivity contribution >= 4 is 17.3 Å². The topological polar surface area (TPSA) is 50.9 Å². The number of anilines is 1. The highest BCUT2D eigenvalue weighted by Gasteiger charge is 2.10. The summed E-state index contributed by atoms with van der Waals surface area (Å²) in [6, 6.07) is 10.1. The number of hydrogen-bond acceptors (Lipinski definition) is 3. The number of nitrogens with one attached hydrogen (secondary N) is 1. The maximum absolute atomic E-state index is 5.95. The molecule has 3 N–H and O–H groups in total. The van der Waals surface area contributed by atoms with Gasteiger partial charge in [0.15, 0.2) is 0 Å². The monoisotopic (exact) mass is 275 g/mol. The first-order valence-corrected chi connectivity index (χ1v) is 6.67. The summed E-state index contributed by atoms with van der Waals surface area (Å²) in [5, 5.41) is 4.09. The molecule has 19 heavy (non-hydrogen) atoms. The summed E-state index contributed by atoms with van der Waals surface area (Å²) in [7, 11) is 1.97. The number of pyridine rings is 1. The van der Waals surface area contributed by atoms with Crippen LogP contribution in [0.25, 0.3) is 0 Å². The largest absolute Gasteiger partial charge is 0.398 e. The summed E-state index contributed by atoms with van der Waals surface area (Å²) in [6.07, 6.45) is 5.34. The molecule has 1 atom stereocenters. The molecule has 1 aromatic heterocycles. The van der Waals surface area contributed by atoms with E-state index in [0.29, 0.717) is 6.04 Å². The fraction of sp³-hybridized carbons (Fsp3) is 0.267. The first-order valence-electron chi connectivity index (χ1n) is 6.29. The van der Waals surface area contributed by atoms with Crippen molar-refractivity contribution in [3.63, 3.8) is 0 Å². The number of hydrogen-bond donors (Lipinski definition) is 2. The van der Waals surface area contributed by atoms with E-state index in [1.807, 2.05) is 31.4 Å². The summed E-state index contributed by atoms with van der Waals surface area (Å²) in [5.74, 6) is 0. The Morgan fingerprint density at radius 1 is 1.21 bits per heavy atom. The maximum atomic E-state index is 5.95. The van der Waals surface area contributed by atoms with Gasteiger partial charge in [0.05, 0.1) is 0 Å². The van der Waals surface area contributed by atoms with Crippen molar-refractivity contribution < 1.29 is 0 Å². The van der Waals surface area contributed by atoms with Gasteiger partial charge in [-0.2, -0.15) is 0 Å². The Morgan fingerprint density at radius 2 is 1.95 bits per heavy atom. The van der Waals surface area contributed by atoms with Crippen molar-refractivity contribution in [3.05, 3.63) is 58.9 Å². The van der Waals surface area contributed by atoms with Gasteiger partial charge in [-0.15, -0.1) is 0 Å². The number of aromatic nitrogens is 1. The highest BCUT2D eigenvalue weighted by molar-refractivity contribution is 6.30. The second-order valence-corrected chi connectivity index (χ2v) is 5.03. The fourth-order valence-corrected chi connectivity index (χ4v) is 2.18. The zero-order valence-electron chi connectivity index (χ0n) is 10.9. The van der Waals surface area contributed by atoms with Crippen LogP contribution in [-0.4, -0.2) is 18.1 Å². The molecular weight excluding hydrogens is 258 g/mol. The van der Waals surface area contributed by atoms with E-state index in [1.165, 1.54) is 5.56 Å². The minimum absolute atomic E-state index is 0.327. The number of nitrogens with zero attached hydrogens (tertiary/aromatic N) is 1. The van der Waals surface area contributed by atoms with E-state index in [9.17, 15) is 0 Å². The van der Waals surface area contributed by atoms with E-state index in [0.717, 1.165) is 29.1 Å². The Morgan fingerprint density at radius 3 is 2.58 bits per heavy atom. The second-order valence-electron chi connectivity index (χ2n) is 4.59. The van der Waals surface area contributed by atoms with Crippen LogP contribution in [-0.2, 0) is 12.8 Å². The Balaban J connectivity index is 2.05. The average molecular weight is 276 g/mol. The van der Waals surface area contributed by atoms with Crippen molar-refractivity contribution in [1.29, 1.82) is 0 Å². The van der Waals surface area contributed by atoms with Gasteiger partial charge in [-0.05, 0) is 49.2 Å². The van der Waals surface area contributed by atoms with Crippen LogP contribution in [0, 0.1) is 0 Å². The molecule has 0 radical (unpaired) electrons. The number of nitrogen functional groups attached to an aromatic ring is 1. The molecule has 0 aliphatic carbocycles. The summed E-state index contributed by atoms with van der Waals surface area (Å²) >= 11 is 5.89. The molecule has 0 saturated heterocycles. The Kier molecular flexibility index (Phi) is 4.77. The van der Waals surface area contributed by atoms with Gasteiger partial charge in [-0.25, -0.2) is 0 Å². The predicted octanol–water partition coefficient (Wildman–Crippen LogP) is 2.69. The lowest BCUT2D eigenvalue weighted by atomic mass is 9.99. The zero-order chi connectivity index (χ0) is 13.7. The molecule has 3 nitrogen and oxygen atoms in total. The molecule has 0 aliphatic heterocycles. The van der Waals surface area contributed by atoms with Crippen LogP contribution >= 0.6 is 11.6 Å². The van der Waals surface area contributed by atoms with Gasteiger partial charge in [-0.1, -0.05) is 23.7 Å². The third kappa shape index (κ3) is 3.94. The molecule has 4 heteroatoms. The fourth-order valence-electron chi connectivity index (χ4n) is 2.06. The summed E-state index contributed by atoms with van der Waals surface area (Å²) < 4.78 is 0. The van der Waals surface area contributed by atoms with Crippen LogP contribution < -0.4 is 11.1 Å². The lowest BCUT2D eigenvalue weighted by Gasteiger charge is -2.17. The third-order valence-corrected chi connectivity index (χ3v) is 3.46. The molecule has 2 aromatic rings. The number of nitrogens with two attached hydrogens (primary N) is 1. The highest BCUT2D eigenvalue weighted by Crippen LogP contribution is 2.15. The lowest BCUT2D eigenvalue weighted by Crippen LogP contribution is -2.30. The van der Waals surface area contributed by atoms with E-state index in [2.05, 4.69) is 22.4 Å². The molecular formula is C15H18ClN3. The number of rotatable bonds is 5. The number of benzene rings is 1. The number of halogens is 1. The van der Waals surface area contributed by atoms with Gasteiger partial charge in [0, 0.05) is 29.1 Å². The van der Waals surface area contributed by atoms with Crippen molar-refractivity contribution in [2.24, 2.45) is 0 Å². The van der Waals surface area contributed by atoms with Gasteiger partial charge in [-0.3, -0.25) is 4.98 Å². The molecule has 2 rings (SSSR count). The van der Waals surface area contributed by atoms with Crippen LogP contribution in [0.4, 0.5) is 5.69 Å². The molecule has 0 fully saturated rings. The van der Waals surface area contributed by atoms with Gasteiger partial charge in [0.2, 0.25) is 0 Å². The second kappa shape index (κ2) is 6.55. The van der Waals surface area contributed by atoms with Crippen LogP contribution in [0.5, 0.6) is 0 Å². The van der Waals surface area contributed by atoms with Crippen LogP contribution in [0.3, 0.4) is 0 Å². The van der Waals surface area contributed by atoms with Crippen LogP contribution in [0.2, 0.25) is 5.02 Å². The molecule has 0 spiro atoms. The Bertz CT molecular complexity index is 525. The molecule has 0 amide bonds. The van der Waals surface area contributed by atoms with E-state index < -0.39 is 0 Å². The van der Waals surface area contributed by atoms with Crippen molar-refractivity contribution in [1.82, 2.24) is 10.3 Å². The van der Waals surface area contributed by atoms with Gasteiger partial charge >= 0.3 is 0 Å². The van der Waals surface area contributed by atoms with Crippen LogP contribution in [0.1, 0.15) is 11.1 Å². The molecule has 0 saturated carbocycles. The summed E-state index contributed by atoms with van der Waals surface area (Å²) in [6.45, 7) is 0. The Labute approximate surface area is 118 Å². The predicted molar refractivity (Wildman–Crippen MR) is 80.4 cm³/mol. The van der Waals surface area contributed by atoms with E-state index in [4.69, 9.17) is 17.3 Å². The highest BCUT2D eigenvalue weighted by atomic mass is 35.5. The van der Waals surface area contributed by atoms with Crippen molar-refractivity contribution in [2.75, 3.05) is 12.8 Å². The molecule has 1 aromatic carbocycles. The van der Waals surface area contributed by atoms with E-state index in [1.54, 1.807) is 6.20 Å². The smallest absolute Gasteiger partial charge is 0.0406 e. The van der Waals surface area contributed by atoms with E-state index >= 15 is 0 Å². The standard InChI is InChI=1S/C15H18ClN3/c1-18-14(8-11-2-4-13(16)5-3-11)9-12-10-19-7-6-15(12)17/h2-7,10,14,18H,8-9H2,1H3,(H2,17,19).